The highest BCUT2D eigenvalue weighted by Crippen LogP contribution is 2.47. The lowest BCUT2D eigenvalue weighted by atomic mass is 10.1. The van der Waals surface area contributed by atoms with Gasteiger partial charge in [0.1, 0.15) is 35.9 Å². The third-order valence-electron chi connectivity index (χ3n) is 9.72. The van der Waals surface area contributed by atoms with Crippen LogP contribution in [0.3, 0.4) is 0 Å². The lowest BCUT2D eigenvalue weighted by molar-refractivity contribution is -0.199. The lowest BCUT2D eigenvalue weighted by Crippen LogP contribution is -2.51. The summed E-state index contributed by atoms with van der Waals surface area (Å²) in [6, 6.07) is -0.117. The molecule has 5 aliphatic rings. The largest absolute Gasteiger partial charge is 0.414 e. The Morgan fingerprint density at radius 2 is 1.71 bits per heavy atom. The predicted octanol–water partition coefficient (Wildman–Crippen LogP) is 3.23. The number of aromatic nitrogens is 2. The van der Waals surface area contributed by atoms with E-state index in [0.29, 0.717) is 37.0 Å². The van der Waals surface area contributed by atoms with Crippen molar-refractivity contribution in [1.29, 1.82) is 5.41 Å². The van der Waals surface area contributed by atoms with Gasteiger partial charge in [-0.3, -0.25) is 9.98 Å². The molecule has 8 atom stereocenters. The Morgan fingerprint density at radius 3 is 2.37 bits per heavy atom. The number of hydrogen-bond acceptors (Lipinski definition) is 10. The first-order valence-corrected chi connectivity index (χ1v) is 17.7. The maximum Gasteiger partial charge on any atom is 0.192 e. The first kappa shape index (κ1) is 29.5. The van der Waals surface area contributed by atoms with Crippen molar-refractivity contribution in [2.75, 3.05) is 25.2 Å². The normalized spacial score (nSPS) is 37.7. The van der Waals surface area contributed by atoms with Crippen LogP contribution in [-0.2, 0) is 28.1 Å². The second-order valence-electron chi connectivity index (χ2n) is 14.5. The SMILES string of the molecule is CC1(C)O[C@@H]2[C@@H](CO)C[C@@H](N3CNc4c(ncn4[C@@H]4O[C@H](CO[Si](C)(C)C(C)(C)C)[C@H]5OC(C)(C)O[C@H]54)C3=N)[C@@H]2O1. The molecular weight excluding hydrogens is 546 g/mol. The number of nitrogens with one attached hydrogen (secondary N) is 2. The van der Waals surface area contributed by atoms with Gasteiger partial charge in [-0.2, -0.15) is 0 Å². The molecular formula is C28H47N5O7Si. The predicted molar refractivity (Wildman–Crippen MR) is 153 cm³/mol. The van der Waals surface area contributed by atoms with Crippen molar-refractivity contribution >= 4 is 20.0 Å². The maximum atomic E-state index is 10.0. The molecule has 6 rings (SSSR count). The van der Waals surface area contributed by atoms with Crippen molar-refractivity contribution < 1.29 is 33.2 Å². The van der Waals surface area contributed by atoms with E-state index in [1.54, 1.807) is 6.33 Å². The first-order valence-electron chi connectivity index (χ1n) is 14.8. The van der Waals surface area contributed by atoms with Crippen LogP contribution in [0.5, 0.6) is 0 Å². The molecule has 4 aliphatic heterocycles. The fourth-order valence-corrected chi connectivity index (χ4v) is 7.64. The third-order valence-corrected chi connectivity index (χ3v) is 14.2. The molecule has 0 unspecified atom stereocenters. The average Bonchev–Trinajstić information content (AvgIpc) is 3.63. The van der Waals surface area contributed by atoms with E-state index in [0.717, 1.165) is 0 Å². The number of aliphatic hydroxyl groups is 1. The Hall–Kier alpha value is -1.58. The van der Waals surface area contributed by atoms with Crippen LogP contribution >= 0.6 is 0 Å². The van der Waals surface area contributed by atoms with E-state index in [9.17, 15) is 5.11 Å². The van der Waals surface area contributed by atoms with Gasteiger partial charge in [0, 0.05) is 12.5 Å². The van der Waals surface area contributed by atoms with E-state index in [1.165, 1.54) is 0 Å². The Morgan fingerprint density at radius 1 is 1.07 bits per heavy atom. The van der Waals surface area contributed by atoms with Gasteiger partial charge in [-0.05, 0) is 52.2 Å². The molecule has 1 aliphatic carbocycles. The number of amidine groups is 1. The van der Waals surface area contributed by atoms with Crippen molar-refractivity contribution in [3.63, 3.8) is 0 Å². The molecule has 0 radical (unpaired) electrons. The molecule has 0 spiro atoms. The van der Waals surface area contributed by atoms with Crippen LogP contribution in [0.15, 0.2) is 6.33 Å². The molecule has 1 aromatic rings. The van der Waals surface area contributed by atoms with Gasteiger partial charge < -0.3 is 43.4 Å². The smallest absolute Gasteiger partial charge is 0.192 e. The topological polar surface area (TPSA) is 133 Å². The van der Waals surface area contributed by atoms with Crippen LogP contribution in [0.1, 0.15) is 66.8 Å². The molecule has 0 bridgehead atoms. The number of anilines is 1. The number of rotatable bonds is 6. The molecule has 13 heteroatoms. The van der Waals surface area contributed by atoms with Gasteiger partial charge in [-0.1, -0.05) is 20.8 Å². The highest BCUT2D eigenvalue weighted by Gasteiger charge is 2.58. The van der Waals surface area contributed by atoms with Crippen LogP contribution in [0.4, 0.5) is 5.82 Å². The molecule has 230 valence electrons. The second-order valence-corrected chi connectivity index (χ2v) is 19.3. The maximum absolute atomic E-state index is 10.0. The van der Waals surface area contributed by atoms with E-state index in [-0.39, 0.29) is 54.1 Å². The minimum Gasteiger partial charge on any atom is -0.414 e. The van der Waals surface area contributed by atoms with Gasteiger partial charge >= 0.3 is 0 Å². The summed E-state index contributed by atoms with van der Waals surface area (Å²) in [5, 5.41) is 22.7. The van der Waals surface area contributed by atoms with Gasteiger partial charge in [0.25, 0.3) is 0 Å². The number of hydrogen-bond donors (Lipinski definition) is 3. The highest BCUT2D eigenvalue weighted by atomic mass is 28.4. The van der Waals surface area contributed by atoms with Crippen LogP contribution in [0, 0.1) is 11.3 Å². The van der Waals surface area contributed by atoms with Crippen LogP contribution in [0.2, 0.25) is 18.1 Å². The van der Waals surface area contributed by atoms with Gasteiger partial charge in [0.2, 0.25) is 0 Å². The van der Waals surface area contributed by atoms with Gasteiger partial charge in [0.05, 0.1) is 31.7 Å². The molecule has 0 aromatic carbocycles. The molecule has 3 N–H and O–H groups in total. The Bertz CT molecular complexity index is 1180. The Kier molecular flexibility index (Phi) is 6.98. The minimum absolute atomic E-state index is 0.0197. The van der Waals surface area contributed by atoms with Crippen molar-refractivity contribution in [2.45, 2.75) is 127 Å². The Balaban J connectivity index is 1.22. The zero-order chi connectivity index (χ0) is 29.7. The fourth-order valence-electron chi connectivity index (χ4n) is 6.63. The van der Waals surface area contributed by atoms with E-state index in [4.69, 9.17) is 33.5 Å². The molecule has 41 heavy (non-hydrogen) atoms. The summed E-state index contributed by atoms with van der Waals surface area (Å²) in [6.07, 6.45) is 0.530. The zero-order valence-electron chi connectivity index (χ0n) is 25.8. The van der Waals surface area contributed by atoms with Crippen LogP contribution < -0.4 is 5.32 Å². The lowest BCUT2D eigenvalue weighted by Gasteiger charge is -2.38. The summed E-state index contributed by atoms with van der Waals surface area (Å²) in [5.74, 6) is -0.492. The van der Waals surface area contributed by atoms with Crippen molar-refractivity contribution in [1.82, 2.24) is 14.5 Å². The van der Waals surface area contributed by atoms with Crippen molar-refractivity contribution in [3.8, 4) is 0 Å². The second kappa shape index (κ2) is 9.71. The monoisotopic (exact) mass is 593 g/mol. The summed E-state index contributed by atoms with van der Waals surface area (Å²) in [6.45, 7) is 19.6. The van der Waals surface area contributed by atoms with Gasteiger partial charge in [-0.25, -0.2) is 4.98 Å². The molecule has 0 amide bonds. The van der Waals surface area contributed by atoms with Gasteiger partial charge in [-0.15, -0.1) is 0 Å². The number of aliphatic hydroxyl groups excluding tert-OH is 1. The summed E-state index contributed by atoms with van der Waals surface area (Å²) in [7, 11) is -2.00. The number of fused-ring (bicyclic) bond motifs is 3. The number of imidazole rings is 1. The highest BCUT2D eigenvalue weighted by molar-refractivity contribution is 6.74. The Labute approximate surface area is 243 Å². The quantitative estimate of drug-likeness (QED) is 0.422. The molecule has 3 saturated heterocycles. The minimum atomic E-state index is -2.00. The summed E-state index contributed by atoms with van der Waals surface area (Å²) >= 11 is 0. The molecule has 5 heterocycles. The fraction of sp³-hybridized carbons (Fsp3) is 0.857. The van der Waals surface area contributed by atoms with Crippen molar-refractivity contribution in [2.24, 2.45) is 5.92 Å². The number of nitrogens with zero attached hydrogens (tertiary/aromatic N) is 3. The van der Waals surface area contributed by atoms with Crippen LogP contribution in [-0.4, -0.2) is 102 Å². The molecule has 12 nitrogen and oxygen atoms in total. The summed E-state index contributed by atoms with van der Waals surface area (Å²) < 4.78 is 40.1. The number of ether oxygens (including phenoxy) is 5. The van der Waals surface area contributed by atoms with E-state index in [2.05, 4.69) is 44.2 Å². The third kappa shape index (κ3) is 4.95. The van der Waals surface area contributed by atoms with Gasteiger partial charge in [0.15, 0.2) is 32.0 Å². The first-order chi connectivity index (χ1) is 19.0. The van der Waals surface area contributed by atoms with Crippen molar-refractivity contribution in [3.05, 3.63) is 12.0 Å². The standard InChI is InChI=1S/C28H47N5O7Si/c1-26(2,3)41(8,9)35-12-17-21-22(40-28(6,7)39-21)25(36-17)33-13-30-18-23(29)32(14-31-24(18)33)16-10-15(11-34)19-20(16)38-27(4,5)37-19/h13,15-17,19-22,25,29,31,34H,10-12,14H2,1-9H3/t15-,16-,17-,19-,20+,21-,22-,25-/m1/s1. The molecule has 1 saturated carbocycles. The van der Waals surface area contributed by atoms with E-state index >= 15 is 0 Å². The van der Waals surface area contributed by atoms with E-state index in [1.807, 2.05) is 37.2 Å². The van der Waals surface area contributed by atoms with E-state index < -0.39 is 26.1 Å². The molecule has 4 fully saturated rings. The molecule has 1 aromatic heterocycles. The summed E-state index contributed by atoms with van der Waals surface area (Å²) in [5.41, 5.74) is 0.540. The average molecular weight is 594 g/mol. The zero-order valence-corrected chi connectivity index (χ0v) is 26.8. The summed E-state index contributed by atoms with van der Waals surface area (Å²) in [4.78, 5) is 6.64. The van der Waals surface area contributed by atoms with Crippen LogP contribution in [0.25, 0.3) is 0 Å².